The molecule has 0 aliphatic carbocycles. The van der Waals surface area contributed by atoms with E-state index in [-0.39, 0.29) is 12.4 Å². The second kappa shape index (κ2) is 6.55. The number of nitrogens with zero attached hydrogens (tertiary/aromatic N) is 2. The van der Waals surface area contributed by atoms with Gasteiger partial charge in [-0.3, -0.25) is 4.90 Å². The van der Waals surface area contributed by atoms with Crippen LogP contribution in [0.1, 0.15) is 29.1 Å². The van der Waals surface area contributed by atoms with Crippen LogP contribution in [0.15, 0.2) is 6.20 Å². The van der Waals surface area contributed by atoms with Gasteiger partial charge in [0.25, 0.3) is 0 Å². The van der Waals surface area contributed by atoms with Crippen molar-refractivity contribution in [2.45, 2.75) is 38.8 Å². The second-order valence-corrected chi connectivity index (χ2v) is 5.52. The molecule has 1 aromatic heterocycles. The van der Waals surface area contributed by atoms with Crippen LogP contribution in [0.25, 0.3) is 0 Å². The number of halogens is 1. The summed E-state index contributed by atoms with van der Waals surface area (Å²) >= 11 is 1.80. The van der Waals surface area contributed by atoms with Crippen LogP contribution in [-0.2, 0) is 6.54 Å². The van der Waals surface area contributed by atoms with E-state index >= 15 is 0 Å². The smallest absolute Gasteiger partial charge is 0.0897 e. The van der Waals surface area contributed by atoms with Crippen molar-refractivity contribution in [3.63, 3.8) is 0 Å². The highest BCUT2D eigenvalue weighted by atomic mass is 35.5. The van der Waals surface area contributed by atoms with Crippen LogP contribution in [0.5, 0.6) is 0 Å². The van der Waals surface area contributed by atoms with Crippen molar-refractivity contribution in [2.24, 2.45) is 5.73 Å². The highest BCUT2D eigenvalue weighted by Crippen LogP contribution is 2.21. The van der Waals surface area contributed by atoms with Crippen molar-refractivity contribution >= 4 is 23.7 Å². The van der Waals surface area contributed by atoms with Gasteiger partial charge in [0.15, 0.2) is 0 Å². The normalized spacial score (nSPS) is 21.8. The van der Waals surface area contributed by atoms with E-state index in [1.54, 1.807) is 11.3 Å². The molecule has 0 amide bonds. The minimum Gasteiger partial charge on any atom is -0.329 e. The summed E-state index contributed by atoms with van der Waals surface area (Å²) in [5, 5.41) is 1.16. The van der Waals surface area contributed by atoms with Gasteiger partial charge in [-0.15, -0.1) is 23.7 Å². The molecule has 1 saturated heterocycles. The largest absolute Gasteiger partial charge is 0.329 e. The highest BCUT2D eigenvalue weighted by molar-refractivity contribution is 7.11. The summed E-state index contributed by atoms with van der Waals surface area (Å²) in [4.78, 5) is 8.17. The zero-order valence-corrected chi connectivity index (χ0v) is 11.3. The number of nitrogens with two attached hydrogens (primary N) is 1. The molecule has 5 heteroatoms. The summed E-state index contributed by atoms with van der Waals surface area (Å²) < 4.78 is 0. The fraction of sp³-hybridized carbons (Fsp3) is 0.727. The van der Waals surface area contributed by atoms with Gasteiger partial charge < -0.3 is 5.73 Å². The Balaban J connectivity index is 0.00000128. The number of thiazole rings is 1. The van der Waals surface area contributed by atoms with Gasteiger partial charge in [0.2, 0.25) is 0 Å². The third kappa shape index (κ3) is 3.42. The monoisotopic (exact) mass is 261 g/mol. The summed E-state index contributed by atoms with van der Waals surface area (Å²) in [7, 11) is 0. The first-order valence-corrected chi connectivity index (χ1v) is 6.46. The molecule has 0 aromatic carbocycles. The summed E-state index contributed by atoms with van der Waals surface area (Å²) in [5.74, 6) is 0. The van der Waals surface area contributed by atoms with E-state index in [1.165, 1.54) is 30.7 Å². The molecular formula is C11H20ClN3S. The fourth-order valence-electron chi connectivity index (χ4n) is 2.21. The van der Waals surface area contributed by atoms with Crippen molar-refractivity contribution < 1.29 is 0 Å². The number of hydrogen-bond donors (Lipinski definition) is 1. The van der Waals surface area contributed by atoms with Crippen LogP contribution in [0.2, 0.25) is 0 Å². The van der Waals surface area contributed by atoms with Crippen LogP contribution in [0.3, 0.4) is 0 Å². The minimum absolute atomic E-state index is 0. The third-order valence-electron chi connectivity index (χ3n) is 3.05. The van der Waals surface area contributed by atoms with E-state index in [2.05, 4.69) is 16.8 Å². The number of aromatic nitrogens is 1. The Kier molecular flexibility index (Phi) is 5.69. The number of likely N-dealkylation sites (tertiary alicyclic amines) is 1. The zero-order valence-electron chi connectivity index (χ0n) is 9.69. The van der Waals surface area contributed by atoms with E-state index in [1.807, 2.05) is 6.20 Å². The Labute approximate surface area is 107 Å². The summed E-state index contributed by atoms with van der Waals surface area (Å²) in [6.45, 7) is 5.08. The van der Waals surface area contributed by atoms with Crippen molar-refractivity contribution in [1.82, 2.24) is 9.88 Å². The van der Waals surface area contributed by atoms with E-state index in [0.717, 1.165) is 18.1 Å². The van der Waals surface area contributed by atoms with Crippen LogP contribution in [0, 0.1) is 6.92 Å². The lowest BCUT2D eigenvalue weighted by Crippen LogP contribution is -2.43. The van der Waals surface area contributed by atoms with Crippen LogP contribution in [-0.4, -0.2) is 29.0 Å². The lowest BCUT2D eigenvalue weighted by molar-refractivity contribution is 0.146. The molecule has 2 heterocycles. The molecule has 1 atom stereocenters. The molecule has 1 aliphatic rings. The molecule has 0 saturated carbocycles. The molecule has 92 valence electrons. The predicted molar refractivity (Wildman–Crippen MR) is 71.2 cm³/mol. The molecule has 2 N–H and O–H groups in total. The number of hydrogen-bond acceptors (Lipinski definition) is 4. The Morgan fingerprint density at radius 2 is 2.38 bits per heavy atom. The topological polar surface area (TPSA) is 42.2 Å². The van der Waals surface area contributed by atoms with Gasteiger partial charge in [-0.2, -0.15) is 0 Å². The number of aryl methyl sites for hydroxylation is 1. The molecule has 1 aromatic rings. The number of rotatable bonds is 3. The Morgan fingerprint density at radius 1 is 1.56 bits per heavy atom. The second-order valence-electron chi connectivity index (χ2n) is 4.20. The van der Waals surface area contributed by atoms with Gasteiger partial charge in [0.05, 0.1) is 5.01 Å². The molecule has 1 aliphatic heterocycles. The van der Waals surface area contributed by atoms with Gasteiger partial charge in [-0.1, -0.05) is 6.42 Å². The average molecular weight is 262 g/mol. The molecular weight excluding hydrogens is 242 g/mol. The standard InChI is InChI=1S/C11H19N3S.ClH/c1-9-13-7-11(15-9)8-14-5-3-2-4-10(14)6-12;/h7,10H,2-6,8,12H2,1H3;1H. The fourth-order valence-corrected chi connectivity index (χ4v) is 3.03. The molecule has 0 radical (unpaired) electrons. The first-order valence-electron chi connectivity index (χ1n) is 5.65. The van der Waals surface area contributed by atoms with Crippen molar-refractivity contribution in [1.29, 1.82) is 0 Å². The summed E-state index contributed by atoms with van der Waals surface area (Å²) in [6, 6.07) is 0.584. The SMILES string of the molecule is Cc1ncc(CN2CCCCC2CN)s1.Cl. The predicted octanol–water partition coefficient (Wildman–Crippen LogP) is 2.19. The maximum absolute atomic E-state index is 5.80. The minimum atomic E-state index is 0. The Bertz CT molecular complexity index is 316. The van der Waals surface area contributed by atoms with Gasteiger partial charge in [0.1, 0.15) is 0 Å². The summed E-state index contributed by atoms with van der Waals surface area (Å²) in [6.07, 6.45) is 5.91. The highest BCUT2D eigenvalue weighted by Gasteiger charge is 2.21. The average Bonchev–Trinajstić information content (AvgIpc) is 2.65. The van der Waals surface area contributed by atoms with Crippen LogP contribution in [0.4, 0.5) is 0 Å². The number of piperidine rings is 1. The molecule has 0 spiro atoms. The molecule has 1 fully saturated rings. The molecule has 1 unspecified atom stereocenters. The lowest BCUT2D eigenvalue weighted by atomic mass is 10.0. The van der Waals surface area contributed by atoms with Crippen molar-refractivity contribution in [3.05, 3.63) is 16.1 Å². The van der Waals surface area contributed by atoms with Gasteiger partial charge in [-0.05, 0) is 26.3 Å². The van der Waals surface area contributed by atoms with Crippen molar-refractivity contribution in [3.8, 4) is 0 Å². The van der Waals surface area contributed by atoms with Crippen LogP contribution >= 0.6 is 23.7 Å². The maximum atomic E-state index is 5.80. The van der Waals surface area contributed by atoms with E-state index < -0.39 is 0 Å². The van der Waals surface area contributed by atoms with Crippen molar-refractivity contribution in [2.75, 3.05) is 13.1 Å². The van der Waals surface area contributed by atoms with E-state index in [9.17, 15) is 0 Å². The third-order valence-corrected chi connectivity index (χ3v) is 3.95. The molecule has 3 nitrogen and oxygen atoms in total. The quantitative estimate of drug-likeness (QED) is 0.907. The molecule has 0 bridgehead atoms. The van der Waals surface area contributed by atoms with Gasteiger partial charge in [0, 0.05) is 30.2 Å². The van der Waals surface area contributed by atoms with Gasteiger partial charge >= 0.3 is 0 Å². The lowest BCUT2D eigenvalue weighted by Gasteiger charge is -2.34. The first-order chi connectivity index (χ1) is 7.29. The maximum Gasteiger partial charge on any atom is 0.0897 e. The Morgan fingerprint density at radius 3 is 3.00 bits per heavy atom. The molecule has 2 rings (SSSR count). The Hall–Kier alpha value is -0.160. The molecule has 16 heavy (non-hydrogen) atoms. The van der Waals surface area contributed by atoms with Crippen LogP contribution < -0.4 is 5.73 Å². The van der Waals surface area contributed by atoms with E-state index in [4.69, 9.17) is 5.73 Å². The zero-order chi connectivity index (χ0) is 10.7. The summed E-state index contributed by atoms with van der Waals surface area (Å²) in [5.41, 5.74) is 5.80. The first kappa shape index (κ1) is 13.9. The van der Waals surface area contributed by atoms with E-state index in [0.29, 0.717) is 6.04 Å². The van der Waals surface area contributed by atoms with Gasteiger partial charge in [-0.25, -0.2) is 4.98 Å².